The third-order valence-corrected chi connectivity index (χ3v) is 2.85. The van der Waals surface area contributed by atoms with Crippen LogP contribution in [-0.2, 0) is 0 Å². The number of benzene rings is 1. The number of hydrogen-bond acceptors (Lipinski definition) is 4. The highest BCUT2D eigenvalue weighted by Crippen LogP contribution is 2.27. The standard InChI is InChI=1S/C10H9FN2OS/c11-7-3-1-2-6(4-7)9(14)8-5-13-10(12)15-8/h1-5,9,14H,(H2,12,13). The van der Waals surface area contributed by atoms with Crippen molar-refractivity contribution in [2.45, 2.75) is 6.10 Å². The molecule has 1 unspecified atom stereocenters. The minimum absolute atomic E-state index is 0.371. The van der Waals surface area contributed by atoms with Gasteiger partial charge >= 0.3 is 0 Å². The van der Waals surface area contributed by atoms with Crippen molar-refractivity contribution < 1.29 is 9.50 Å². The van der Waals surface area contributed by atoms with E-state index in [1.165, 1.54) is 29.7 Å². The van der Waals surface area contributed by atoms with Crippen molar-refractivity contribution in [1.82, 2.24) is 4.98 Å². The van der Waals surface area contributed by atoms with E-state index in [0.717, 1.165) is 0 Å². The van der Waals surface area contributed by atoms with Gasteiger partial charge in [-0.3, -0.25) is 0 Å². The van der Waals surface area contributed by atoms with Gasteiger partial charge in [0.1, 0.15) is 11.9 Å². The molecule has 1 heterocycles. The average molecular weight is 224 g/mol. The largest absolute Gasteiger partial charge is 0.383 e. The fourth-order valence-corrected chi connectivity index (χ4v) is 1.97. The summed E-state index contributed by atoms with van der Waals surface area (Å²) in [5.74, 6) is -0.371. The summed E-state index contributed by atoms with van der Waals surface area (Å²) >= 11 is 1.19. The second kappa shape index (κ2) is 3.96. The van der Waals surface area contributed by atoms with Crippen molar-refractivity contribution in [3.8, 4) is 0 Å². The van der Waals surface area contributed by atoms with Crippen LogP contribution in [0.1, 0.15) is 16.5 Å². The van der Waals surface area contributed by atoms with Crippen LogP contribution in [0.5, 0.6) is 0 Å². The van der Waals surface area contributed by atoms with E-state index in [1.54, 1.807) is 12.1 Å². The molecule has 15 heavy (non-hydrogen) atoms. The maximum absolute atomic E-state index is 12.9. The summed E-state index contributed by atoms with van der Waals surface area (Å²) in [6, 6.07) is 5.83. The van der Waals surface area contributed by atoms with Crippen molar-refractivity contribution in [1.29, 1.82) is 0 Å². The molecule has 0 aliphatic rings. The average Bonchev–Trinajstić information content (AvgIpc) is 2.64. The molecule has 0 saturated carbocycles. The number of nitrogen functional groups attached to an aromatic ring is 1. The van der Waals surface area contributed by atoms with E-state index in [0.29, 0.717) is 15.6 Å². The molecule has 3 nitrogen and oxygen atoms in total. The molecule has 78 valence electrons. The van der Waals surface area contributed by atoms with Crippen molar-refractivity contribution in [3.63, 3.8) is 0 Å². The van der Waals surface area contributed by atoms with E-state index in [2.05, 4.69) is 4.98 Å². The first kappa shape index (κ1) is 10.1. The normalized spacial score (nSPS) is 12.7. The molecule has 2 aromatic rings. The summed E-state index contributed by atoms with van der Waals surface area (Å²) in [7, 11) is 0. The van der Waals surface area contributed by atoms with Gasteiger partial charge in [0.15, 0.2) is 5.13 Å². The van der Waals surface area contributed by atoms with Crippen LogP contribution in [0.2, 0.25) is 0 Å². The minimum Gasteiger partial charge on any atom is -0.383 e. The van der Waals surface area contributed by atoms with Crippen molar-refractivity contribution in [2.24, 2.45) is 0 Å². The lowest BCUT2D eigenvalue weighted by Gasteiger charge is -2.07. The number of nitrogens with two attached hydrogens (primary N) is 1. The lowest BCUT2D eigenvalue weighted by Crippen LogP contribution is -1.97. The number of halogens is 1. The highest BCUT2D eigenvalue weighted by atomic mass is 32.1. The van der Waals surface area contributed by atoms with Gasteiger partial charge in [-0.2, -0.15) is 0 Å². The maximum Gasteiger partial charge on any atom is 0.180 e. The summed E-state index contributed by atoms with van der Waals surface area (Å²) in [6.07, 6.45) is 0.630. The molecule has 1 aromatic heterocycles. The lowest BCUT2D eigenvalue weighted by molar-refractivity contribution is 0.223. The number of hydrogen-bond donors (Lipinski definition) is 2. The first-order valence-electron chi connectivity index (χ1n) is 4.31. The van der Waals surface area contributed by atoms with Crippen LogP contribution >= 0.6 is 11.3 Å². The number of aliphatic hydroxyl groups is 1. The molecule has 0 bridgehead atoms. The molecule has 0 radical (unpaired) electrons. The summed E-state index contributed by atoms with van der Waals surface area (Å²) in [5.41, 5.74) is 5.95. The van der Waals surface area contributed by atoms with E-state index in [-0.39, 0.29) is 5.82 Å². The Labute approximate surface area is 90.0 Å². The monoisotopic (exact) mass is 224 g/mol. The summed E-state index contributed by atoms with van der Waals surface area (Å²) < 4.78 is 12.9. The second-order valence-corrected chi connectivity index (χ2v) is 4.15. The van der Waals surface area contributed by atoms with Crippen LogP contribution in [0.15, 0.2) is 30.5 Å². The Morgan fingerprint density at radius 1 is 1.47 bits per heavy atom. The fourth-order valence-electron chi connectivity index (χ4n) is 1.27. The number of aliphatic hydroxyl groups excluding tert-OH is 1. The molecule has 0 aliphatic carbocycles. The molecule has 5 heteroatoms. The molecule has 0 aliphatic heterocycles. The van der Waals surface area contributed by atoms with Crippen LogP contribution in [0.25, 0.3) is 0 Å². The Balaban J connectivity index is 2.32. The number of nitrogens with zero attached hydrogens (tertiary/aromatic N) is 1. The SMILES string of the molecule is Nc1ncc(C(O)c2cccc(F)c2)s1. The molecule has 1 atom stereocenters. The zero-order chi connectivity index (χ0) is 10.8. The predicted octanol–water partition coefficient (Wildman–Crippen LogP) is 1.95. The second-order valence-electron chi connectivity index (χ2n) is 3.06. The van der Waals surface area contributed by atoms with Crippen LogP contribution in [-0.4, -0.2) is 10.1 Å². The number of rotatable bonds is 2. The highest BCUT2D eigenvalue weighted by Gasteiger charge is 2.13. The van der Waals surface area contributed by atoms with Gasteiger partial charge in [0, 0.05) is 6.20 Å². The fraction of sp³-hybridized carbons (Fsp3) is 0.100. The number of aromatic nitrogens is 1. The summed E-state index contributed by atoms with van der Waals surface area (Å²) in [4.78, 5) is 4.44. The molecule has 0 fully saturated rings. The third-order valence-electron chi connectivity index (χ3n) is 1.98. The molecular weight excluding hydrogens is 215 g/mol. The van der Waals surface area contributed by atoms with Gasteiger partial charge in [-0.1, -0.05) is 23.5 Å². The van der Waals surface area contributed by atoms with Gasteiger partial charge in [-0.15, -0.1) is 0 Å². The molecule has 3 N–H and O–H groups in total. The Bertz CT molecular complexity index is 472. The van der Waals surface area contributed by atoms with E-state index < -0.39 is 6.10 Å². The quantitative estimate of drug-likeness (QED) is 0.819. The Morgan fingerprint density at radius 2 is 2.27 bits per heavy atom. The minimum atomic E-state index is -0.865. The van der Waals surface area contributed by atoms with Crippen molar-refractivity contribution in [2.75, 3.05) is 5.73 Å². The van der Waals surface area contributed by atoms with Crippen LogP contribution in [0.3, 0.4) is 0 Å². The highest BCUT2D eigenvalue weighted by molar-refractivity contribution is 7.15. The van der Waals surface area contributed by atoms with Crippen LogP contribution < -0.4 is 5.73 Å². The zero-order valence-electron chi connectivity index (χ0n) is 7.72. The number of anilines is 1. The van der Waals surface area contributed by atoms with Crippen molar-refractivity contribution >= 4 is 16.5 Å². The van der Waals surface area contributed by atoms with Crippen molar-refractivity contribution in [3.05, 3.63) is 46.7 Å². The smallest absolute Gasteiger partial charge is 0.180 e. The van der Waals surface area contributed by atoms with Crippen LogP contribution in [0, 0.1) is 5.82 Å². The predicted molar refractivity (Wildman–Crippen MR) is 57.0 cm³/mol. The Hall–Kier alpha value is -1.46. The third kappa shape index (κ3) is 2.14. The van der Waals surface area contributed by atoms with Crippen LogP contribution in [0.4, 0.5) is 9.52 Å². The van der Waals surface area contributed by atoms with E-state index in [4.69, 9.17) is 5.73 Å². The van der Waals surface area contributed by atoms with E-state index >= 15 is 0 Å². The Kier molecular flexibility index (Phi) is 2.66. The molecule has 0 spiro atoms. The molecule has 0 saturated heterocycles. The van der Waals surface area contributed by atoms with E-state index in [1.807, 2.05) is 0 Å². The summed E-state index contributed by atoms with van der Waals surface area (Å²) in [5, 5.41) is 10.3. The molecular formula is C10H9FN2OS. The Morgan fingerprint density at radius 3 is 2.87 bits per heavy atom. The van der Waals surface area contributed by atoms with Gasteiger partial charge in [-0.25, -0.2) is 9.37 Å². The van der Waals surface area contributed by atoms with Gasteiger partial charge in [0.05, 0.1) is 4.88 Å². The van der Waals surface area contributed by atoms with Gasteiger partial charge in [-0.05, 0) is 17.7 Å². The van der Waals surface area contributed by atoms with E-state index in [9.17, 15) is 9.50 Å². The first-order valence-corrected chi connectivity index (χ1v) is 5.13. The molecule has 2 rings (SSSR count). The molecule has 0 amide bonds. The zero-order valence-corrected chi connectivity index (χ0v) is 8.54. The topological polar surface area (TPSA) is 59.1 Å². The summed E-state index contributed by atoms with van der Waals surface area (Å²) in [6.45, 7) is 0. The van der Waals surface area contributed by atoms with Gasteiger partial charge < -0.3 is 10.8 Å². The lowest BCUT2D eigenvalue weighted by atomic mass is 10.1. The first-order chi connectivity index (χ1) is 7.16. The maximum atomic E-state index is 12.9. The number of thiazole rings is 1. The van der Waals surface area contributed by atoms with Gasteiger partial charge in [0.2, 0.25) is 0 Å². The molecule has 1 aromatic carbocycles. The van der Waals surface area contributed by atoms with Gasteiger partial charge in [0.25, 0.3) is 0 Å².